The van der Waals surface area contributed by atoms with Gasteiger partial charge < -0.3 is 14.8 Å². The summed E-state index contributed by atoms with van der Waals surface area (Å²) in [6.07, 6.45) is 2.16. The predicted octanol–water partition coefficient (Wildman–Crippen LogP) is 2.05. The lowest BCUT2D eigenvalue weighted by atomic mass is 10.0. The van der Waals surface area contributed by atoms with Gasteiger partial charge in [0.15, 0.2) is 0 Å². The largest absolute Gasteiger partial charge is 0.494 e. The number of carbonyl (C=O) groups is 1. The molecule has 1 aromatic carbocycles. The van der Waals surface area contributed by atoms with Gasteiger partial charge in [0, 0.05) is 13.0 Å². The summed E-state index contributed by atoms with van der Waals surface area (Å²) in [5, 5.41) is 3.34. The van der Waals surface area contributed by atoms with E-state index in [9.17, 15) is 4.79 Å². The fraction of sp³-hybridized carbons (Fsp3) is 0.533. The molecule has 4 nitrogen and oxygen atoms in total. The Morgan fingerprint density at radius 1 is 1.37 bits per heavy atom. The minimum Gasteiger partial charge on any atom is -0.494 e. The molecule has 4 heteroatoms. The SMILES string of the molecule is CCOC(=O)CCCOc1ccc2c(c1)CCNC2. The van der Waals surface area contributed by atoms with Crippen molar-refractivity contribution in [3.8, 4) is 5.75 Å². The van der Waals surface area contributed by atoms with E-state index in [2.05, 4.69) is 17.4 Å². The van der Waals surface area contributed by atoms with E-state index in [4.69, 9.17) is 9.47 Å². The number of hydrogen-bond acceptors (Lipinski definition) is 4. The van der Waals surface area contributed by atoms with Gasteiger partial charge in [0.05, 0.1) is 13.2 Å². The van der Waals surface area contributed by atoms with Crippen LogP contribution in [0.4, 0.5) is 0 Å². The van der Waals surface area contributed by atoms with E-state index >= 15 is 0 Å². The van der Waals surface area contributed by atoms with E-state index in [1.165, 1.54) is 11.1 Å². The summed E-state index contributed by atoms with van der Waals surface area (Å²) in [5.41, 5.74) is 2.71. The van der Waals surface area contributed by atoms with Gasteiger partial charge in [0.1, 0.15) is 5.75 Å². The van der Waals surface area contributed by atoms with Crippen LogP contribution in [0.2, 0.25) is 0 Å². The maximum Gasteiger partial charge on any atom is 0.305 e. The fourth-order valence-corrected chi connectivity index (χ4v) is 2.18. The zero-order chi connectivity index (χ0) is 13.5. The van der Waals surface area contributed by atoms with Crippen molar-refractivity contribution in [1.82, 2.24) is 5.32 Å². The Morgan fingerprint density at radius 3 is 3.11 bits per heavy atom. The molecule has 1 aliphatic rings. The highest BCUT2D eigenvalue weighted by atomic mass is 16.5. The van der Waals surface area contributed by atoms with Gasteiger partial charge in [-0.2, -0.15) is 0 Å². The van der Waals surface area contributed by atoms with Crippen molar-refractivity contribution < 1.29 is 14.3 Å². The Balaban J connectivity index is 1.75. The van der Waals surface area contributed by atoms with Crippen molar-refractivity contribution in [3.05, 3.63) is 29.3 Å². The molecule has 104 valence electrons. The average Bonchev–Trinajstić information content (AvgIpc) is 2.44. The van der Waals surface area contributed by atoms with E-state index in [0.29, 0.717) is 26.1 Å². The first-order valence-corrected chi connectivity index (χ1v) is 6.90. The second-order valence-electron chi connectivity index (χ2n) is 4.61. The van der Waals surface area contributed by atoms with Crippen molar-refractivity contribution in [2.75, 3.05) is 19.8 Å². The summed E-state index contributed by atoms with van der Waals surface area (Å²) in [6.45, 7) is 4.78. The number of hydrogen-bond donors (Lipinski definition) is 1. The number of carbonyl (C=O) groups excluding carboxylic acids is 1. The van der Waals surface area contributed by atoms with Crippen LogP contribution in [0.3, 0.4) is 0 Å². The van der Waals surface area contributed by atoms with Crippen LogP contribution in [0.25, 0.3) is 0 Å². The van der Waals surface area contributed by atoms with Crippen LogP contribution < -0.4 is 10.1 Å². The second kappa shape index (κ2) is 7.14. The topological polar surface area (TPSA) is 47.6 Å². The molecule has 1 aromatic rings. The number of benzene rings is 1. The quantitative estimate of drug-likeness (QED) is 0.630. The highest BCUT2D eigenvalue weighted by Crippen LogP contribution is 2.20. The molecule has 1 heterocycles. The van der Waals surface area contributed by atoms with Crippen molar-refractivity contribution >= 4 is 5.97 Å². The third-order valence-corrected chi connectivity index (χ3v) is 3.16. The van der Waals surface area contributed by atoms with Crippen molar-refractivity contribution in [2.24, 2.45) is 0 Å². The molecule has 0 atom stereocenters. The Bertz CT molecular complexity index is 431. The van der Waals surface area contributed by atoms with Crippen molar-refractivity contribution in [3.63, 3.8) is 0 Å². The van der Waals surface area contributed by atoms with Gasteiger partial charge in [0.2, 0.25) is 0 Å². The van der Waals surface area contributed by atoms with E-state index < -0.39 is 0 Å². The smallest absolute Gasteiger partial charge is 0.305 e. The predicted molar refractivity (Wildman–Crippen MR) is 73.2 cm³/mol. The fourth-order valence-electron chi connectivity index (χ4n) is 2.18. The molecule has 1 aliphatic heterocycles. The zero-order valence-electron chi connectivity index (χ0n) is 11.4. The lowest BCUT2D eigenvalue weighted by Crippen LogP contribution is -2.23. The van der Waals surface area contributed by atoms with Crippen LogP contribution in [-0.2, 0) is 22.5 Å². The Hall–Kier alpha value is -1.55. The standard InChI is InChI=1S/C15H21NO3/c1-2-18-15(17)4-3-9-19-14-6-5-13-11-16-8-7-12(13)10-14/h5-6,10,16H,2-4,7-9,11H2,1H3. The molecule has 0 spiro atoms. The van der Waals surface area contributed by atoms with E-state index in [1.807, 2.05) is 13.0 Å². The molecule has 0 saturated carbocycles. The zero-order valence-corrected chi connectivity index (χ0v) is 11.4. The van der Waals surface area contributed by atoms with Gasteiger partial charge >= 0.3 is 5.97 Å². The Kier molecular flexibility index (Phi) is 5.21. The van der Waals surface area contributed by atoms with Gasteiger partial charge in [-0.3, -0.25) is 4.79 Å². The monoisotopic (exact) mass is 263 g/mol. The number of fused-ring (bicyclic) bond motifs is 1. The first-order chi connectivity index (χ1) is 9.29. The number of esters is 1. The average molecular weight is 263 g/mol. The molecule has 0 aromatic heterocycles. The van der Waals surface area contributed by atoms with Gasteiger partial charge in [-0.25, -0.2) is 0 Å². The molecular weight excluding hydrogens is 242 g/mol. The molecule has 0 radical (unpaired) electrons. The molecule has 0 bridgehead atoms. The van der Waals surface area contributed by atoms with Crippen LogP contribution in [0.5, 0.6) is 5.75 Å². The highest BCUT2D eigenvalue weighted by Gasteiger charge is 2.09. The molecular formula is C15H21NO3. The molecule has 0 fully saturated rings. The molecule has 19 heavy (non-hydrogen) atoms. The van der Waals surface area contributed by atoms with Crippen LogP contribution in [-0.4, -0.2) is 25.7 Å². The third kappa shape index (κ3) is 4.24. The van der Waals surface area contributed by atoms with Gasteiger partial charge in [-0.1, -0.05) is 6.07 Å². The summed E-state index contributed by atoms with van der Waals surface area (Å²) in [6, 6.07) is 6.22. The summed E-state index contributed by atoms with van der Waals surface area (Å²) in [5.74, 6) is 0.743. The van der Waals surface area contributed by atoms with Crippen LogP contribution in [0.15, 0.2) is 18.2 Å². The first-order valence-electron chi connectivity index (χ1n) is 6.90. The van der Waals surface area contributed by atoms with Gasteiger partial charge in [-0.05, 0) is 49.6 Å². The lowest BCUT2D eigenvalue weighted by molar-refractivity contribution is -0.143. The number of nitrogens with one attached hydrogen (secondary N) is 1. The van der Waals surface area contributed by atoms with Crippen molar-refractivity contribution in [2.45, 2.75) is 32.7 Å². The Labute approximate surface area is 114 Å². The number of rotatable bonds is 6. The summed E-state index contributed by atoms with van der Waals surface area (Å²) in [7, 11) is 0. The van der Waals surface area contributed by atoms with E-state index in [-0.39, 0.29) is 5.97 Å². The molecule has 0 saturated heterocycles. The van der Waals surface area contributed by atoms with Crippen molar-refractivity contribution in [1.29, 1.82) is 0 Å². The maximum atomic E-state index is 11.2. The molecule has 2 rings (SSSR count). The molecule has 1 N–H and O–H groups in total. The van der Waals surface area contributed by atoms with E-state index in [0.717, 1.165) is 25.3 Å². The summed E-state index contributed by atoms with van der Waals surface area (Å²) < 4.78 is 10.5. The third-order valence-electron chi connectivity index (χ3n) is 3.16. The molecule has 0 aliphatic carbocycles. The minimum absolute atomic E-state index is 0.150. The molecule has 0 amide bonds. The molecule has 0 unspecified atom stereocenters. The highest BCUT2D eigenvalue weighted by molar-refractivity contribution is 5.69. The summed E-state index contributed by atoms with van der Waals surface area (Å²) in [4.78, 5) is 11.2. The summed E-state index contributed by atoms with van der Waals surface area (Å²) >= 11 is 0. The van der Waals surface area contributed by atoms with Crippen LogP contribution in [0.1, 0.15) is 30.9 Å². The minimum atomic E-state index is -0.150. The first kappa shape index (κ1) is 13.9. The van der Waals surface area contributed by atoms with Crippen LogP contribution in [0, 0.1) is 0 Å². The van der Waals surface area contributed by atoms with Gasteiger partial charge in [0.25, 0.3) is 0 Å². The second-order valence-corrected chi connectivity index (χ2v) is 4.61. The lowest BCUT2D eigenvalue weighted by Gasteiger charge is -2.18. The van der Waals surface area contributed by atoms with Gasteiger partial charge in [-0.15, -0.1) is 0 Å². The van der Waals surface area contributed by atoms with E-state index in [1.54, 1.807) is 0 Å². The van der Waals surface area contributed by atoms with Crippen LogP contribution >= 0.6 is 0 Å². The maximum absolute atomic E-state index is 11.2. The normalized spacial score (nSPS) is 13.7. The Morgan fingerprint density at radius 2 is 2.26 bits per heavy atom. The number of ether oxygens (including phenoxy) is 2.